The minimum atomic E-state index is -3.31. The first-order valence-electron chi connectivity index (χ1n) is 5.30. The number of hydrogen-bond donors (Lipinski definition) is 2. The van der Waals surface area contributed by atoms with E-state index in [9.17, 15) is 18.3 Å². The predicted octanol–water partition coefficient (Wildman–Crippen LogP) is 0.0134. The van der Waals surface area contributed by atoms with Crippen molar-refractivity contribution in [2.75, 3.05) is 26.4 Å². The summed E-state index contributed by atoms with van der Waals surface area (Å²) < 4.78 is 24.0. The van der Waals surface area contributed by atoms with Gasteiger partial charge in [0.05, 0.1) is 5.75 Å². The predicted molar refractivity (Wildman–Crippen MR) is 67.9 cm³/mol. The fraction of sp³-hybridized carbons (Fsp3) is 0.364. The molecule has 0 spiro atoms. The Morgan fingerprint density at radius 3 is 2.61 bits per heavy atom. The molecule has 0 atom stereocenters. The number of hydrogen-bond acceptors (Lipinski definition) is 4. The van der Waals surface area contributed by atoms with E-state index in [2.05, 4.69) is 5.32 Å². The van der Waals surface area contributed by atoms with Crippen LogP contribution in [0.15, 0.2) is 24.3 Å². The van der Waals surface area contributed by atoms with Crippen LogP contribution in [-0.2, 0) is 10.0 Å². The Hall–Kier alpha value is -1.60. The Morgan fingerprint density at radius 1 is 1.39 bits per heavy atom. The summed E-state index contributed by atoms with van der Waals surface area (Å²) in [5.74, 6) is -0.590. The maximum Gasteiger partial charge on any atom is 0.251 e. The summed E-state index contributed by atoms with van der Waals surface area (Å²) in [5, 5.41) is 11.7. The molecule has 0 aliphatic rings. The summed E-state index contributed by atoms with van der Waals surface area (Å²) >= 11 is 0. The van der Waals surface area contributed by atoms with Crippen molar-refractivity contribution in [2.45, 2.75) is 0 Å². The van der Waals surface area contributed by atoms with E-state index in [0.29, 0.717) is 0 Å². The minimum Gasteiger partial charge on any atom is -0.508 e. The Labute approximate surface area is 106 Å². The molecule has 0 aromatic heterocycles. The van der Waals surface area contributed by atoms with Gasteiger partial charge in [0.15, 0.2) is 0 Å². The van der Waals surface area contributed by atoms with Crippen LogP contribution in [0.25, 0.3) is 0 Å². The maximum absolute atomic E-state index is 11.6. The van der Waals surface area contributed by atoms with Crippen LogP contribution in [0.2, 0.25) is 0 Å². The van der Waals surface area contributed by atoms with Crippen molar-refractivity contribution >= 4 is 15.9 Å². The molecule has 6 nitrogen and oxygen atoms in total. The molecule has 1 rings (SSSR count). The quantitative estimate of drug-likeness (QED) is 0.790. The summed E-state index contributed by atoms with van der Waals surface area (Å²) in [5.41, 5.74) is 0.289. The monoisotopic (exact) mass is 272 g/mol. The van der Waals surface area contributed by atoms with Crippen molar-refractivity contribution in [3.05, 3.63) is 29.8 Å². The number of phenolic OH excluding ortho intramolecular Hbond substituents is 1. The van der Waals surface area contributed by atoms with Crippen molar-refractivity contribution in [1.82, 2.24) is 9.62 Å². The van der Waals surface area contributed by atoms with Crippen LogP contribution in [0.3, 0.4) is 0 Å². The van der Waals surface area contributed by atoms with Crippen LogP contribution < -0.4 is 5.32 Å². The minimum absolute atomic E-state index is 0.0106. The van der Waals surface area contributed by atoms with Gasteiger partial charge in [-0.05, 0) is 18.2 Å². The van der Waals surface area contributed by atoms with Gasteiger partial charge in [0.2, 0.25) is 10.0 Å². The molecular formula is C11H16N2O4S. The number of carbonyl (C=O) groups is 1. The lowest BCUT2D eigenvalue weighted by Crippen LogP contribution is -2.33. The number of nitrogens with one attached hydrogen (secondary N) is 1. The highest BCUT2D eigenvalue weighted by atomic mass is 32.2. The van der Waals surface area contributed by atoms with E-state index < -0.39 is 15.9 Å². The van der Waals surface area contributed by atoms with Crippen LogP contribution in [0.5, 0.6) is 5.75 Å². The fourth-order valence-electron chi connectivity index (χ4n) is 1.23. The molecule has 1 aromatic rings. The average Bonchev–Trinajstić information content (AvgIpc) is 2.28. The molecule has 100 valence electrons. The smallest absolute Gasteiger partial charge is 0.251 e. The largest absolute Gasteiger partial charge is 0.508 e. The second-order valence-electron chi connectivity index (χ2n) is 3.90. The maximum atomic E-state index is 11.6. The van der Waals surface area contributed by atoms with Crippen LogP contribution in [0.4, 0.5) is 0 Å². The molecule has 0 aliphatic heterocycles. The van der Waals surface area contributed by atoms with Crippen LogP contribution in [0.1, 0.15) is 10.4 Å². The summed E-state index contributed by atoms with van der Waals surface area (Å²) in [6, 6.07) is 5.85. The van der Waals surface area contributed by atoms with Crippen molar-refractivity contribution in [1.29, 1.82) is 0 Å². The molecule has 0 saturated heterocycles. The van der Waals surface area contributed by atoms with Gasteiger partial charge < -0.3 is 10.4 Å². The lowest BCUT2D eigenvalue weighted by Gasteiger charge is -2.11. The van der Waals surface area contributed by atoms with Gasteiger partial charge in [-0.1, -0.05) is 6.07 Å². The highest BCUT2D eigenvalue weighted by Gasteiger charge is 2.14. The highest BCUT2D eigenvalue weighted by Crippen LogP contribution is 2.10. The molecule has 1 amide bonds. The van der Waals surface area contributed by atoms with Crippen LogP contribution >= 0.6 is 0 Å². The Morgan fingerprint density at radius 2 is 2.06 bits per heavy atom. The molecule has 7 heteroatoms. The molecule has 0 fully saturated rings. The third-order valence-electron chi connectivity index (χ3n) is 2.31. The Bertz CT molecular complexity index is 526. The van der Waals surface area contributed by atoms with Crippen molar-refractivity contribution in [3.63, 3.8) is 0 Å². The fourth-order valence-corrected chi connectivity index (χ4v) is 1.95. The first kappa shape index (κ1) is 14.5. The van der Waals surface area contributed by atoms with E-state index in [-0.39, 0.29) is 23.6 Å². The average molecular weight is 272 g/mol. The third kappa shape index (κ3) is 4.01. The van der Waals surface area contributed by atoms with Gasteiger partial charge in [0.1, 0.15) is 5.75 Å². The first-order chi connectivity index (χ1) is 8.33. The molecule has 0 bridgehead atoms. The molecule has 0 unspecified atom stereocenters. The normalized spacial score (nSPS) is 11.5. The summed E-state index contributed by atoms with van der Waals surface area (Å²) in [6.07, 6.45) is 0. The van der Waals surface area contributed by atoms with Crippen molar-refractivity contribution < 1.29 is 18.3 Å². The van der Waals surface area contributed by atoms with Crippen molar-refractivity contribution in [2.24, 2.45) is 0 Å². The zero-order chi connectivity index (χ0) is 13.8. The number of aromatic hydroxyl groups is 1. The van der Waals surface area contributed by atoms with E-state index in [1.807, 2.05) is 0 Å². The number of nitrogens with zero attached hydrogens (tertiary/aromatic N) is 1. The van der Waals surface area contributed by atoms with Gasteiger partial charge in [-0.2, -0.15) is 0 Å². The first-order valence-corrected chi connectivity index (χ1v) is 6.91. The zero-order valence-electron chi connectivity index (χ0n) is 10.3. The van der Waals surface area contributed by atoms with Crippen molar-refractivity contribution in [3.8, 4) is 5.75 Å². The van der Waals surface area contributed by atoms with Crippen LogP contribution in [-0.4, -0.2) is 50.1 Å². The highest BCUT2D eigenvalue weighted by molar-refractivity contribution is 7.89. The Kier molecular flexibility index (Phi) is 4.69. The topological polar surface area (TPSA) is 86.7 Å². The number of rotatable bonds is 5. The molecule has 0 saturated carbocycles. The number of sulfonamides is 1. The van der Waals surface area contributed by atoms with E-state index in [1.54, 1.807) is 6.07 Å². The second kappa shape index (κ2) is 5.83. The molecular weight excluding hydrogens is 256 g/mol. The number of amides is 1. The van der Waals surface area contributed by atoms with E-state index in [0.717, 1.165) is 4.31 Å². The van der Waals surface area contributed by atoms with Gasteiger partial charge in [0.25, 0.3) is 5.91 Å². The molecule has 2 N–H and O–H groups in total. The molecule has 0 heterocycles. The number of phenols is 1. The van der Waals surface area contributed by atoms with E-state index in [1.165, 1.54) is 32.3 Å². The van der Waals surface area contributed by atoms with E-state index >= 15 is 0 Å². The number of carbonyl (C=O) groups excluding carboxylic acids is 1. The third-order valence-corrected chi connectivity index (χ3v) is 4.14. The van der Waals surface area contributed by atoms with Gasteiger partial charge >= 0.3 is 0 Å². The SMILES string of the molecule is CN(C)S(=O)(=O)CCNC(=O)c1cccc(O)c1. The van der Waals surface area contributed by atoms with Gasteiger partial charge in [-0.3, -0.25) is 4.79 Å². The Balaban J connectivity index is 2.53. The van der Waals surface area contributed by atoms with Gasteiger partial charge in [0, 0.05) is 26.2 Å². The lowest BCUT2D eigenvalue weighted by atomic mass is 10.2. The molecule has 0 radical (unpaired) electrons. The molecule has 1 aromatic carbocycles. The summed E-state index contributed by atoms with van der Waals surface area (Å²) in [4.78, 5) is 11.6. The molecule has 0 aliphatic carbocycles. The molecule has 18 heavy (non-hydrogen) atoms. The van der Waals surface area contributed by atoms with Crippen LogP contribution in [0, 0.1) is 0 Å². The van der Waals surface area contributed by atoms with Gasteiger partial charge in [-0.15, -0.1) is 0 Å². The lowest BCUT2D eigenvalue weighted by molar-refractivity contribution is 0.0955. The zero-order valence-corrected chi connectivity index (χ0v) is 11.1. The number of benzene rings is 1. The van der Waals surface area contributed by atoms with E-state index in [4.69, 9.17) is 0 Å². The summed E-state index contributed by atoms with van der Waals surface area (Å²) in [7, 11) is -0.441. The summed E-state index contributed by atoms with van der Waals surface area (Å²) in [6.45, 7) is 0.0228. The second-order valence-corrected chi connectivity index (χ2v) is 6.21. The standard InChI is InChI=1S/C11H16N2O4S/c1-13(2)18(16,17)7-6-12-11(15)9-4-3-5-10(14)8-9/h3-5,8,14H,6-7H2,1-2H3,(H,12,15). The van der Waals surface area contributed by atoms with Gasteiger partial charge in [-0.25, -0.2) is 12.7 Å².